The van der Waals surface area contributed by atoms with E-state index in [0.717, 1.165) is 5.75 Å². The van der Waals surface area contributed by atoms with Crippen LogP contribution in [-0.2, 0) is 19.6 Å². The maximum atomic E-state index is 11.4. The van der Waals surface area contributed by atoms with E-state index in [2.05, 4.69) is 9.46 Å². The number of rotatable bonds is 10. The highest BCUT2D eigenvalue weighted by Gasteiger charge is 2.12. The summed E-state index contributed by atoms with van der Waals surface area (Å²) in [6.07, 6.45) is 0.573. The van der Waals surface area contributed by atoms with Crippen molar-refractivity contribution in [2.75, 3.05) is 37.5 Å². The SMILES string of the molecule is COC(=O)CCS(=O)(=O)NCCSCCCO. The van der Waals surface area contributed by atoms with Crippen molar-refractivity contribution in [3.05, 3.63) is 0 Å². The van der Waals surface area contributed by atoms with Gasteiger partial charge in [0.1, 0.15) is 0 Å². The van der Waals surface area contributed by atoms with Gasteiger partial charge in [-0.1, -0.05) is 0 Å². The zero-order valence-corrected chi connectivity index (χ0v) is 11.5. The third kappa shape index (κ3) is 10.6. The van der Waals surface area contributed by atoms with Gasteiger partial charge in [-0.05, 0) is 12.2 Å². The van der Waals surface area contributed by atoms with Crippen LogP contribution in [0.3, 0.4) is 0 Å². The highest BCUT2D eigenvalue weighted by atomic mass is 32.2. The standard InChI is InChI=1S/C9H19NO5S2/c1-15-9(12)3-8-17(13,14)10-4-7-16-6-2-5-11/h10-11H,2-8H2,1H3. The molecule has 17 heavy (non-hydrogen) atoms. The van der Waals surface area contributed by atoms with Crippen LogP contribution >= 0.6 is 11.8 Å². The molecule has 0 heterocycles. The van der Waals surface area contributed by atoms with Crippen LogP contribution in [0.4, 0.5) is 0 Å². The van der Waals surface area contributed by atoms with E-state index in [-0.39, 0.29) is 18.8 Å². The summed E-state index contributed by atoms with van der Waals surface area (Å²) in [5.41, 5.74) is 0. The third-order valence-corrected chi connectivity index (χ3v) is 4.27. The number of hydrogen-bond donors (Lipinski definition) is 2. The van der Waals surface area contributed by atoms with Crippen molar-refractivity contribution in [3.8, 4) is 0 Å². The van der Waals surface area contributed by atoms with Crippen LogP contribution in [0, 0.1) is 0 Å². The smallest absolute Gasteiger partial charge is 0.306 e. The summed E-state index contributed by atoms with van der Waals surface area (Å²) in [7, 11) is -2.17. The molecule has 0 aromatic carbocycles. The number of aliphatic hydroxyl groups is 1. The Morgan fingerprint density at radius 1 is 1.41 bits per heavy atom. The Balaban J connectivity index is 3.61. The Kier molecular flexibility index (Phi) is 9.52. The molecule has 0 aromatic rings. The van der Waals surface area contributed by atoms with Gasteiger partial charge in [-0.15, -0.1) is 0 Å². The van der Waals surface area contributed by atoms with Gasteiger partial charge in [-0.3, -0.25) is 4.79 Å². The summed E-state index contributed by atoms with van der Waals surface area (Å²) in [6, 6.07) is 0. The van der Waals surface area contributed by atoms with Crippen molar-refractivity contribution in [3.63, 3.8) is 0 Å². The monoisotopic (exact) mass is 285 g/mol. The van der Waals surface area contributed by atoms with Gasteiger partial charge in [0.2, 0.25) is 10.0 Å². The number of aliphatic hydroxyl groups excluding tert-OH is 1. The molecule has 0 aliphatic heterocycles. The molecule has 6 nitrogen and oxygen atoms in total. The lowest BCUT2D eigenvalue weighted by Gasteiger charge is -2.05. The van der Waals surface area contributed by atoms with Crippen molar-refractivity contribution in [1.82, 2.24) is 4.72 Å². The van der Waals surface area contributed by atoms with Crippen molar-refractivity contribution in [1.29, 1.82) is 0 Å². The summed E-state index contributed by atoms with van der Waals surface area (Å²) < 4.78 is 29.5. The number of thioether (sulfide) groups is 1. The number of ether oxygens (including phenoxy) is 1. The van der Waals surface area contributed by atoms with E-state index in [1.54, 1.807) is 11.8 Å². The molecule has 0 fully saturated rings. The molecule has 0 bridgehead atoms. The summed E-state index contributed by atoms with van der Waals surface area (Å²) in [5, 5.41) is 8.53. The first-order valence-electron chi connectivity index (χ1n) is 5.24. The molecule has 0 aromatic heterocycles. The largest absolute Gasteiger partial charge is 0.469 e. The molecule has 0 rings (SSSR count). The second-order valence-electron chi connectivity index (χ2n) is 3.23. The Morgan fingerprint density at radius 2 is 2.12 bits per heavy atom. The van der Waals surface area contributed by atoms with Crippen LogP contribution in [0.5, 0.6) is 0 Å². The maximum absolute atomic E-state index is 11.4. The molecule has 0 saturated carbocycles. The van der Waals surface area contributed by atoms with Crippen molar-refractivity contribution >= 4 is 27.8 Å². The zero-order chi connectivity index (χ0) is 13.1. The van der Waals surface area contributed by atoms with E-state index in [4.69, 9.17) is 5.11 Å². The van der Waals surface area contributed by atoms with Crippen LogP contribution in [0.15, 0.2) is 0 Å². The molecular formula is C9H19NO5S2. The second kappa shape index (κ2) is 9.69. The van der Waals surface area contributed by atoms with Crippen molar-refractivity contribution in [2.45, 2.75) is 12.8 Å². The number of sulfonamides is 1. The topological polar surface area (TPSA) is 92.7 Å². The molecule has 0 spiro atoms. The summed E-state index contributed by atoms with van der Waals surface area (Å²) >= 11 is 1.57. The Morgan fingerprint density at radius 3 is 2.71 bits per heavy atom. The lowest BCUT2D eigenvalue weighted by molar-refractivity contribution is -0.140. The summed E-state index contributed by atoms with van der Waals surface area (Å²) in [4.78, 5) is 10.8. The minimum Gasteiger partial charge on any atom is -0.469 e. The molecule has 0 aliphatic rings. The fourth-order valence-corrected chi connectivity index (χ4v) is 2.84. The Hall–Kier alpha value is -0.310. The maximum Gasteiger partial charge on any atom is 0.306 e. The van der Waals surface area contributed by atoms with Crippen LogP contribution in [-0.4, -0.2) is 57.0 Å². The molecule has 2 N–H and O–H groups in total. The van der Waals surface area contributed by atoms with Gasteiger partial charge in [0.05, 0.1) is 19.3 Å². The van der Waals surface area contributed by atoms with Gasteiger partial charge in [-0.2, -0.15) is 11.8 Å². The van der Waals surface area contributed by atoms with Gasteiger partial charge in [0.15, 0.2) is 0 Å². The lowest BCUT2D eigenvalue weighted by Crippen LogP contribution is -2.29. The van der Waals surface area contributed by atoms with Crippen molar-refractivity contribution < 1.29 is 23.1 Å². The molecular weight excluding hydrogens is 266 g/mol. The lowest BCUT2D eigenvalue weighted by atomic mass is 10.5. The molecule has 0 amide bonds. The number of carbonyl (C=O) groups is 1. The van der Waals surface area contributed by atoms with E-state index >= 15 is 0 Å². The normalized spacial score (nSPS) is 11.4. The highest BCUT2D eigenvalue weighted by molar-refractivity contribution is 7.99. The Labute approximate surface area is 106 Å². The first-order valence-corrected chi connectivity index (χ1v) is 8.05. The summed E-state index contributed by atoms with van der Waals surface area (Å²) in [6.45, 7) is 0.484. The Bertz CT molecular complexity index is 305. The fraction of sp³-hybridized carbons (Fsp3) is 0.889. The number of methoxy groups -OCH3 is 1. The van der Waals surface area contributed by atoms with Crippen LogP contribution in [0.25, 0.3) is 0 Å². The molecule has 0 unspecified atom stereocenters. The molecule has 0 saturated heterocycles. The fourth-order valence-electron chi connectivity index (χ4n) is 0.930. The molecule has 102 valence electrons. The number of carbonyl (C=O) groups excluding carboxylic acids is 1. The third-order valence-electron chi connectivity index (χ3n) is 1.82. The second-order valence-corrected chi connectivity index (χ2v) is 6.38. The van der Waals surface area contributed by atoms with Crippen LogP contribution in [0.1, 0.15) is 12.8 Å². The van der Waals surface area contributed by atoms with E-state index < -0.39 is 16.0 Å². The van der Waals surface area contributed by atoms with E-state index in [9.17, 15) is 13.2 Å². The zero-order valence-electron chi connectivity index (χ0n) is 9.85. The molecule has 0 atom stereocenters. The number of esters is 1. The number of nitrogens with one attached hydrogen (secondary N) is 1. The van der Waals surface area contributed by atoms with Gasteiger partial charge >= 0.3 is 5.97 Å². The van der Waals surface area contributed by atoms with Gasteiger partial charge in [0, 0.05) is 18.9 Å². The predicted octanol–water partition coefficient (Wildman–Crippen LogP) is -0.415. The van der Waals surface area contributed by atoms with Gasteiger partial charge in [-0.25, -0.2) is 13.1 Å². The molecule has 8 heteroatoms. The molecule has 0 radical (unpaired) electrons. The predicted molar refractivity (Wildman–Crippen MR) is 67.5 cm³/mol. The van der Waals surface area contributed by atoms with E-state index in [1.165, 1.54) is 7.11 Å². The minimum absolute atomic E-state index is 0.135. The van der Waals surface area contributed by atoms with E-state index in [0.29, 0.717) is 18.7 Å². The minimum atomic E-state index is -3.39. The van der Waals surface area contributed by atoms with Crippen LogP contribution in [0.2, 0.25) is 0 Å². The van der Waals surface area contributed by atoms with E-state index in [1.807, 2.05) is 0 Å². The first-order chi connectivity index (χ1) is 8.02. The average molecular weight is 285 g/mol. The van der Waals surface area contributed by atoms with Crippen molar-refractivity contribution in [2.24, 2.45) is 0 Å². The first kappa shape index (κ1) is 16.7. The summed E-state index contributed by atoms with van der Waals surface area (Å²) in [5.74, 6) is 0.673. The number of hydrogen-bond acceptors (Lipinski definition) is 6. The van der Waals surface area contributed by atoms with Gasteiger partial charge < -0.3 is 9.84 Å². The molecule has 0 aliphatic carbocycles. The average Bonchev–Trinajstić information content (AvgIpc) is 2.30. The highest BCUT2D eigenvalue weighted by Crippen LogP contribution is 2.01. The quantitative estimate of drug-likeness (QED) is 0.418. The van der Waals surface area contributed by atoms with Gasteiger partial charge in [0.25, 0.3) is 0 Å². The van der Waals surface area contributed by atoms with Crippen LogP contribution < -0.4 is 4.72 Å².